The third kappa shape index (κ3) is 6.13. The van der Waals surface area contributed by atoms with Crippen molar-refractivity contribution in [1.29, 1.82) is 0 Å². The zero-order valence-electron chi connectivity index (χ0n) is 21.0. The number of carbonyl (C=O) groups excluding carboxylic acids is 1. The van der Waals surface area contributed by atoms with E-state index in [0.717, 1.165) is 63.1 Å². The van der Waals surface area contributed by atoms with Gasteiger partial charge >= 0.3 is 0 Å². The molecule has 0 aromatic heterocycles. The van der Waals surface area contributed by atoms with Crippen LogP contribution in [-0.4, -0.2) is 91.7 Å². The van der Waals surface area contributed by atoms with Crippen LogP contribution in [-0.2, 0) is 4.79 Å². The summed E-state index contributed by atoms with van der Waals surface area (Å²) in [6.07, 6.45) is 12.4. The zero-order valence-corrected chi connectivity index (χ0v) is 21.0. The van der Waals surface area contributed by atoms with Gasteiger partial charge < -0.3 is 14.5 Å². The van der Waals surface area contributed by atoms with Gasteiger partial charge in [-0.2, -0.15) is 0 Å². The average molecular weight is 469 g/mol. The summed E-state index contributed by atoms with van der Waals surface area (Å²) in [4.78, 5) is 22.7. The van der Waals surface area contributed by atoms with Gasteiger partial charge in [-0.1, -0.05) is 19.3 Å². The van der Waals surface area contributed by atoms with Crippen molar-refractivity contribution >= 4 is 11.6 Å². The monoisotopic (exact) mass is 468 g/mol. The van der Waals surface area contributed by atoms with E-state index in [1.54, 1.807) is 0 Å². The minimum Gasteiger partial charge on any atom is -0.494 e. The molecule has 3 saturated heterocycles. The van der Waals surface area contributed by atoms with Crippen molar-refractivity contribution in [3.63, 3.8) is 0 Å². The molecule has 3 aliphatic heterocycles. The maximum Gasteiger partial charge on any atom is 0.227 e. The predicted molar refractivity (Wildman–Crippen MR) is 138 cm³/mol. The molecule has 6 heteroatoms. The van der Waals surface area contributed by atoms with E-state index in [0.29, 0.717) is 12.5 Å². The molecule has 1 aliphatic carbocycles. The Hall–Kier alpha value is -1.63. The van der Waals surface area contributed by atoms with Crippen molar-refractivity contribution in [3.05, 3.63) is 24.3 Å². The zero-order chi connectivity index (χ0) is 23.2. The highest BCUT2D eigenvalue weighted by molar-refractivity contribution is 5.96. The Morgan fingerprint density at radius 3 is 2.26 bits per heavy atom. The van der Waals surface area contributed by atoms with Gasteiger partial charge in [0.05, 0.1) is 12.6 Å². The summed E-state index contributed by atoms with van der Waals surface area (Å²) in [6, 6.07) is 9.36. The van der Waals surface area contributed by atoms with E-state index in [4.69, 9.17) is 4.74 Å². The number of hydrogen-bond acceptors (Lipinski definition) is 5. The molecule has 1 aromatic rings. The number of hydrogen-bond donors (Lipinski definition) is 0. The maximum absolute atomic E-state index is 12.8. The van der Waals surface area contributed by atoms with Crippen LogP contribution < -0.4 is 9.64 Å². The van der Waals surface area contributed by atoms with E-state index in [1.807, 2.05) is 12.1 Å². The molecule has 0 spiro atoms. The fraction of sp³-hybridized carbons (Fsp3) is 0.750. The quantitative estimate of drug-likeness (QED) is 0.513. The van der Waals surface area contributed by atoms with E-state index < -0.39 is 0 Å². The summed E-state index contributed by atoms with van der Waals surface area (Å²) in [5.74, 6) is 1.18. The van der Waals surface area contributed by atoms with Crippen LogP contribution in [0.1, 0.15) is 64.2 Å². The Balaban J connectivity index is 1.08. The molecule has 4 aliphatic rings. The van der Waals surface area contributed by atoms with Gasteiger partial charge in [-0.25, -0.2) is 0 Å². The van der Waals surface area contributed by atoms with Crippen LogP contribution in [0.3, 0.4) is 0 Å². The lowest BCUT2D eigenvalue weighted by molar-refractivity contribution is -0.117. The van der Waals surface area contributed by atoms with Gasteiger partial charge in [0.25, 0.3) is 0 Å². The molecule has 34 heavy (non-hydrogen) atoms. The Bertz CT molecular complexity index is 765. The highest BCUT2D eigenvalue weighted by Crippen LogP contribution is 2.30. The number of ether oxygens (including phenoxy) is 1. The third-order valence-electron chi connectivity index (χ3n) is 8.49. The van der Waals surface area contributed by atoms with Crippen LogP contribution in [0.2, 0.25) is 0 Å². The summed E-state index contributed by atoms with van der Waals surface area (Å²) >= 11 is 0. The lowest BCUT2D eigenvalue weighted by Crippen LogP contribution is -2.52. The van der Waals surface area contributed by atoms with Crippen molar-refractivity contribution < 1.29 is 9.53 Å². The largest absolute Gasteiger partial charge is 0.494 e. The molecule has 5 rings (SSSR count). The number of nitrogens with zero attached hydrogens (tertiary/aromatic N) is 4. The van der Waals surface area contributed by atoms with Crippen molar-refractivity contribution in [2.45, 2.75) is 76.3 Å². The molecule has 1 atom stereocenters. The van der Waals surface area contributed by atoms with E-state index in [9.17, 15) is 4.79 Å². The number of carbonyl (C=O) groups is 1. The standard InChI is InChI=1S/C28H44N4O2/c33-28-14-11-26(23-30-18-20-31(21-19-30)24-7-2-3-8-24)32(28)25-9-12-27(13-10-25)34-22-6-17-29-15-4-1-5-16-29/h9-10,12-13,24,26H,1-8,11,14-23H2/t26-/m0/s1. The minimum absolute atomic E-state index is 0.268. The first-order chi connectivity index (χ1) is 16.8. The summed E-state index contributed by atoms with van der Waals surface area (Å²) < 4.78 is 6.00. The number of anilines is 1. The third-order valence-corrected chi connectivity index (χ3v) is 8.49. The molecule has 3 heterocycles. The first-order valence-electron chi connectivity index (χ1n) is 14.0. The van der Waals surface area contributed by atoms with E-state index in [2.05, 4.69) is 31.7 Å². The van der Waals surface area contributed by atoms with Crippen molar-refractivity contribution in [2.75, 3.05) is 63.9 Å². The molecule has 4 fully saturated rings. The predicted octanol–water partition coefficient (Wildman–Crippen LogP) is 4.00. The van der Waals surface area contributed by atoms with Crippen LogP contribution in [0.25, 0.3) is 0 Å². The van der Waals surface area contributed by atoms with Crippen LogP contribution in [0, 0.1) is 0 Å². The van der Waals surface area contributed by atoms with Gasteiger partial charge in [-0.05, 0) is 75.9 Å². The highest BCUT2D eigenvalue weighted by Gasteiger charge is 2.34. The highest BCUT2D eigenvalue weighted by atomic mass is 16.5. The minimum atomic E-state index is 0.268. The lowest BCUT2D eigenvalue weighted by Gasteiger charge is -2.40. The van der Waals surface area contributed by atoms with Crippen molar-refractivity contribution in [1.82, 2.24) is 14.7 Å². The molecular weight excluding hydrogens is 424 g/mol. The van der Waals surface area contributed by atoms with Crippen molar-refractivity contribution in [3.8, 4) is 5.75 Å². The Kier molecular flexibility index (Phi) is 8.41. The van der Waals surface area contributed by atoms with Gasteiger partial charge in [-0.15, -0.1) is 0 Å². The Morgan fingerprint density at radius 1 is 0.794 bits per heavy atom. The first kappa shape index (κ1) is 24.1. The first-order valence-corrected chi connectivity index (χ1v) is 14.0. The molecule has 1 aromatic carbocycles. The summed E-state index contributed by atoms with van der Waals surface area (Å²) in [6.45, 7) is 10.0. The second-order valence-electron chi connectivity index (χ2n) is 10.8. The summed E-state index contributed by atoms with van der Waals surface area (Å²) in [7, 11) is 0. The summed E-state index contributed by atoms with van der Waals surface area (Å²) in [5.41, 5.74) is 1.03. The topological polar surface area (TPSA) is 39.3 Å². The molecule has 0 radical (unpaired) electrons. The summed E-state index contributed by atoms with van der Waals surface area (Å²) in [5, 5.41) is 0. The lowest BCUT2D eigenvalue weighted by atomic mass is 10.1. The fourth-order valence-corrected chi connectivity index (χ4v) is 6.51. The maximum atomic E-state index is 12.8. The van der Waals surface area contributed by atoms with Gasteiger partial charge in [0.1, 0.15) is 5.75 Å². The molecule has 188 valence electrons. The molecule has 0 unspecified atom stereocenters. The Morgan fingerprint density at radius 2 is 1.53 bits per heavy atom. The van der Waals surface area contributed by atoms with Crippen LogP contribution in [0.15, 0.2) is 24.3 Å². The molecule has 0 bridgehead atoms. The number of amides is 1. The van der Waals surface area contributed by atoms with Crippen LogP contribution in [0.4, 0.5) is 5.69 Å². The van der Waals surface area contributed by atoms with E-state index in [-0.39, 0.29) is 5.91 Å². The second-order valence-corrected chi connectivity index (χ2v) is 10.8. The van der Waals surface area contributed by atoms with Crippen LogP contribution in [0.5, 0.6) is 5.75 Å². The van der Waals surface area contributed by atoms with E-state index >= 15 is 0 Å². The average Bonchev–Trinajstić information content (AvgIpc) is 3.54. The SMILES string of the molecule is O=C1CC[C@@H](CN2CCN(C3CCCC3)CC2)N1c1ccc(OCCCN2CCCCC2)cc1. The molecule has 1 saturated carbocycles. The second kappa shape index (κ2) is 11.9. The number of rotatable bonds is 9. The van der Waals surface area contributed by atoms with Gasteiger partial charge in [0.2, 0.25) is 5.91 Å². The van der Waals surface area contributed by atoms with Gasteiger partial charge in [0.15, 0.2) is 0 Å². The number of piperazine rings is 1. The smallest absolute Gasteiger partial charge is 0.227 e. The van der Waals surface area contributed by atoms with Gasteiger partial charge in [-0.3, -0.25) is 14.6 Å². The molecular formula is C28H44N4O2. The molecule has 0 N–H and O–H groups in total. The number of likely N-dealkylation sites (tertiary alicyclic amines) is 1. The molecule has 1 amide bonds. The normalized spacial score (nSPS) is 25.9. The Labute approximate surface area is 206 Å². The van der Waals surface area contributed by atoms with Crippen LogP contribution >= 0.6 is 0 Å². The van der Waals surface area contributed by atoms with E-state index in [1.165, 1.54) is 71.1 Å². The molecule has 6 nitrogen and oxygen atoms in total. The van der Waals surface area contributed by atoms with Gasteiger partial charge in [0, 0.05) is 57.4 Å². The fourth-order valence-electron chi connectivity index (χ4n) is 6.51. The van der Waals surface area contributed by atoms with Crippen molar-refractivity contribution in [2.24, 2.45) is 0 Å². The number of benzene rings is 1. The number of piperidine rings is 1.